The Morgan fingerprint density at radius 1 is 1.22 bits per heavy atom. The Morgan fingerprint density at radius 3 is 2.11 bits per heavy atom. The van der Waals surface area contributed by atoms with Crippen LogP contribution in [0.2, 0.25) is 0 Å². The predicted molar refractivity (Wildman–Crippen MR) is 68.4 cm³/mol. The Balaban J connectivity index is 2.36. The molecule has 98 valence electrons. The van der Waals surface area contributed by atoms with Crippen LogP contribution in [0.15, 0.2) is 24.3 Å². The van der Waals surface area contributed by atoms with Gasteiger partial charge in [-0.05, 0) is 37.8 Å². The van der Waals surface area contributed by atoms with Crippen LogP contribution in [0.3, 0.4) is 0 Å². The van der Waals surface area contributed by atoms with Crippen LogP contribution in [0.25, 0.3) is 0 Å². The first kappa shape index (κ1) is 13.1. The number of rotatable bonds is 3. The summed E-state index contributed by atoms with van der Waals surface area (Å²) in [6.45, 7) is 3.01. The van der Waals surface area contributed by atoms with E-state index in [4.69, 9.17) is 0 Å². The molecule has 2 rings (SSSR count). The minimum Gasteiger partial charge on any atom is -0.481 e. The van der Waals surface area contributed by atoms with Crippen molar-refractivity contribution in [1.29, 1.82) is 0 Å². The number of carboxylic acids is 1. The van der Waals surface area contributed by atoms with Gasteiger partial charge in [-0.25, -0.2) is 4.39 Å². The van der Waals surface area contributed by atoms with Gasteiger partial charge in [0.2, 0.25) is 0 Å². The average molecular weight is 250 g/mol. The fraction of sp³-hybridized carbons (Fsp3) is 0.533. The molecular formula is C15H19FO2. The zero-order valence-electron chi connectivity index (χ0n) is 10.9. The summed E-state index contributed by atoms with van der Waals surface area (Å²) in [4.78, 5) is 11.5. The lowest BCUT2D eigenvalue weighted by atomic mass is 9.78. The van der Waals surface area contributed by atoms with Crippen molar-refractivity contribution in [1.82, 2.24) is 0 Å². The van der Waals surface area contributed by atoms with Gasteiger partial charge in [0.15, 0.2) is 0 Å². The smallest absolute Gasteiger partial charge is 0.314 e. The molecular weight excluding hydrogens is 231 g/mol. The summed E-state index contributed by atoms with van der Waals surface area (Å²) in [5.41, 5.74) is -0.742. The fourth-order valence-corrected chi connectivity index (χ4v) is 2.79. The topological polar surface area (TPSA) is 37.3 Å². The first-order valence-electron chi connectivity index (χ1n) is 6.40. The number of hydrogen-bond acceptors (Lipinski definition) is 1. The first-order chi connectivity index (χ1) is 8.36. The van der Waals surface area contributed by atoms with E-state index in [1.165, 1.54) is 13.8 Å². The Hall–Kier alpha value is -1.38. The van der Waals surface area contributed by atoms with Gasteiger partial charge in [0.1, 0.15) is 5.67 Å². The van der Waals surface area contributed by atoms with Crippen LogP contribution in [0.1, 0.15) is 50.7 Å². The number of hydrogen-bond donors (Lipinski definition) is 1. The molecule has 1 aromatic rings. The van der Waals surface area contributed by atoms with Crippen LogP contribution < -0.4 is 0 Å². The van der Waals surface area contributed by atoms with Crippen molar-refractivity contribution in [3.05, 3.63) is 35.4 Å². The zero-order chi connectivity index (χ0) is 13.4. The second-order valence-corrected chi connectivity index (χ2v) is 5.64. The molecule has 0 spiro atoms. The van der Waals surface area contributed by atoms with E-state index < -0.39 is 17.1 Å². The summed E-state index contributed by atoms with van der Waals surface area (Å²) >= 11 is 0. The molecule has 0 aromatic heterocycles. The van der Waals surface area contributed by atoms with Gasteiger partial charge in [-0.3, -0.25) is 4.79 Å². The van der Waals surface area contributed by atoms with E-state index in [0.717, 1.165) is 18.4 Å². The summed E-state index contributed by atoms with van der Waals surface area (Å²) < 4.78 is 13.8. The van der Waals surface area contributed by atoms with Crippen molar-refractivity contribution < 1.29 is 14.3 Å². The van der Waals surface area contributed by atoms with Crippen LogP contribution in [0.4, 0.5) is 4.39 Å². The van der Waals surface area contributed by atoms with Crippen LogP contribution in [0.5, 0.6) is 0 Å². The van der Waals surface area contributed by atoms with Gasteiger partial charge in [0, 0.05) is 0 Å². The monoisotopic (exact) mass is 250 g/mol. The number of aliphatic carboxylic acids is 1. The lowest BCUT2D eigenvalue weighted by Gasteiger charge is -2.25. The fourth-order valence-electron chi connectivity index (χ4n) is 2.79. The molecule has 0 amide bonds. The van der Waals surface area contributed by atoms with Crippen LogP contribution in [0, 0.1) is 0 Å². The average Bonchev–Trinajstić information content (AvgIpc) is 2.78. The second kappa shape index (κ2) is 4.38. The molecule has 3 heteroatoms. The maximum Gasteiger partial charge on any atom is 0.314 e. The highest BCUT2D eigenvalue weighted by molar-refractivity contribution is 5.81. The van der Waals surface area contributed by atoms with Gasteiger partial charge in [-0.15, -0.1) is 0 Å². The number of carbonyl (C=O) groups is 1. The minimum absolute atomic E-state index is 0.588. The summed E-state index contributed by atoms with van der Waals surface area (Å²) in [7, 11) is 0. The molecule has 1 N–H and O–H groups in total. The van der Waals surface area contributed by atoms with Crippen LogP contribution in [-0.4, -0.2) is 11.1 Å². The molecule has 0 radical (unpaired) electrons. The summed E-state index contributed by atoms with van der Waals surface area (Å²) in [6, 6.07) is 6.96. The molecule has 1 aliphatic carbocycles. The Kier molecular flexibility index (Phi) is 3.18. The molecule has 0 bridgehead atoms. The molecule has 1 aromatic carbocycles. The maximum atomic E-state index is 13.8. The highest BCUT2D eigenvalue weighted by atomic mass is 19.1. The van der Waals surface area contributed by atoms with Gasteiger partial charge in [0.05, 0.1) is 5.41 Å². The second-order valence-electron chi connectivity index (χ2n) is 5.64. The van der Waals surface area contributed by atoms with E-state index in [1.54, 1.807) is 24.3 Å². The molecule has 0 unspecified atom stereocenters. The van der Waals surface area contributed by atoms with E-state index >= 15 is 0 Å². The van der Waals surface area contributed by atoms with Crippen molar-refractivity contribution in [3.8, 4) is 0 Å². The number of carboxylic acid groups (broad SMARTS) is 1. The third-order valence-electron chi connectivity index (χ3n) is 3.99. The Bertz CT molecular complexity index is 437. The van der Waals surface area contributed by atoms with Crippen molar-refractivity contribution in [3.63, 3.8) is 0 Å². The van der Waals surface area contributed by atoms with Crippen LogP contribution >= 0.6 is 0 Å². The van der Waals surface area contributed by atoms with Crippen molar-refractivity contribution in [2.45, 2.75) is 50.6 Å². The quantitative estimate of drug-likeness (QED) is 0.886. The molecule has 0 heterocycles. The molecule has 2 nitrogen and oxygen atoms in total. The molecule has 1 aliphatic rings. The van der Waals surface area contributed by atoms with Crippen molar-refractivity contribution in [2.24, 2.45) is 0 Å². The third-order valence-corrected chi connectivity index (χ3v) is 3.99. The van der Waals surface area contributed by atoms with Gasteiger partial charge >= 0.3 is 5.97 Å². The summed E-state index contributed by atoms with van der Waals surface area (Å²) in [5, 5.41) is 9.47. The van der Waals surface area contributed by atoms with Gasteiger partial charge < -0.3 is 5.11 Å². The largest absolute Gasteiger partial charge is 0.481 e. The summed E-state index contributed by atoms with van der Waals surface area (Å²) in [6.07, 6.45) is 3.26. The lowest BCUT2D eigenvalue weighted by molar-refractivity contribution is -0.143. The lowest BCUT2D eigenvalue weighted by Crippen LogP contribution is -2.32. The highest BCUT2D eigenvalue weighted by Gasteiger charge is 2.42. The third kappa shape index (κ3) is 2.14. The number of benzene rings is 1. The molecule has 1 fully saturated rings. The van der Waals surface area contributed by atoms with Gasteiger partial charge in [-0.1, -0.05) is 37.1 Å². The molecule has 0 atom stereocenters. The van der Waals surface area contributed by atoms with Gasteiger partial charge in [0.25, 0.3) is 0 Å². The SMILES string of the molecule is CC(C)(F)c1ccc(C2(C(=O)O)CCCC2)cc1. The normalized spacial score (nSPS) is 18.8. The molecule has 0 aliphatic heterocycles. The first-order valence-corrected chi connectivity index (χ1v) is 6.40. The van der Waals surface area contributed by atoms with Crippen LogP contribution in [-0.2, 0) is 15.9 Å². The number of alkyl halides is 1. The van der Waals surface area contributed by atoms with Crippen molar-refractivity contribution in [2.75, 3.05) is 0 Å². The molecule has 0 saturated heterocycles. The zero-order valence-corrected chi connectivity index (χ0v) is 10.9. The van der Waals surface area contributed by atoms with Crippen molar-refractivity contribution >= 4 is 5.97 Å². The van der Waals surface area contributed by atoms with E-state index in [2.05, 4.69) is 0 Å². The Labute approximate surface area is 107 Å². The Morgan fingerprint density at radius 2 is 1.72 bits per heavy atom. The van der Waals surface area contributed by atoms with E-state index in [0.29, 0.717) is 18.4 Å². The van der Waals surface area contributed by atoms with E-state index in [9.17, 15) is 14.3 Å². The highest BCUT2D eigenvalue weighted by Crippen LogP contribution is 2.41. The number of halogens is 1. The standard InChI is InChI=1S/C15H19FO2/c1-14(2,16)11-5-7-12(8-6-11)15(13(17)18)9-3-4-10-15/h5-8H,3-4,9-10H2,1-2H3,(H,17,18). The van der Waals surface area contributed by atoms with E-state index in [1.807, 2.05) is 0 Å². The van der Waals surface area contributed by atoms with Gasteiger partial charge in [-0.2, -0.15) is 0 Å². The molecule has 18 heavy (non-hydrogen) atoms. The summed E-state index contributed by atoms with van der Waals surface area (Å²) in [5.74, 6) is -0.757. The maximum absolute atomic E-state index is 13.8. The minimum atomic E-state index is -1.38. The predicted octanol–water partition coefficient (Wildman–Crippen LogP) is 3.79. The van der Waals surface area contributed by atoms with E-state index in [-0.39, 0.29) is 0 Å². The molecule has 1 saturated carbocycles.